The predicted octanol–water partition coefficient (Wildman–Crippen LogP) is 8.05. The lowest BCUT2D eigenvalue weighted by Crippen LogP contribution is -2.15. The highest BCUT2D eigenvalue weighted by molar-refractivity contribution is 5.66. The van der Waals surface area contributed by atoms with E-state index in [2.05, 4.69) is 6.58 Å². The lowest BCUT2D eigenvalue weighted by molar-refractivity contribution is 0.306. The first kappa shape index (κ1) is 24.0. The van der Waals surface area contributed by atoms with Crippen LogP contribution in [0, 0.1) is 29.2 Å². The number of rotatable bonds is 9. The molecule has 0 spiro atoms. The smallest absolute Gasteiger partial charge is 0.201 e. The van der Waals surface area contributed by atoms with Crippen molar-refractivity contribution in [1.82, 2.24) is 0 Å². The summed E-state index contributed by atoms with van der Waals surface area (Å²) in [6.07, 6.45) is 9.73. The number of alkyl halides is 1. The van der Waals surface area contributed by atoms with Crippen LogP contribution >= 0.6 is 0 Å². The zero-order valence-corrected chi connectivity index (χ0v) is 17.9. The normalized spacial score (nSPS) is 18.8. The fraction of sp³-hybridized carbons (Fsp3) is 0.385. The number of allylic oxidation sites excluding steroid dienone is 2. The monoisotopic (exact) mass is 450 g/mol. The fourth-order valence-electron chi connectivity index (χ4n) is 4.36. The maximum absolute atomic E-state index is 14.9. The van der Waals surface area contributed by atoms with Crippen molar-refractivity contribution in [3.05, 3.63) is 77.9 Å². The zero-order valence-electron chi connectivity index (χ0n) is 17.9. The summed E-state index contributed by atoms with van der Waals surface area (Å²) >= 11 is 0. The van der Waals surface area contributed by atoms with E-state index < -0.39 is 29.9 Å². The quantitative estimate of drug-likeness (QED) is 0.277. The molecule has 2 aromatic rings. The summed E-state index contributed by atoms with van der Waals surface area (Å²) in [7, 11) is 0. The highest BCUT2D eigenvalue weighted by Gasteiger charge is 2.27. The molecule has 0 saturated heterocycles. The highest BCUT2D eigenvalue weighted by atomic mass is 19.2. The van der Waals surface area contributed by atoms with Gasteiger partial charge in [0.2, 0.25) is 5.82 Å². The van der Waals surface area contributed by atoms with Gasteiger partial charge in [0, 0.05) is 11.1 Å². The summed E-state index contributed by atoms with van der Waals surface area (Å²) in [5.41, 5.74) is -0.415. The van der Waals surface area contributed by atoms with E-state index in [1.165, 1.54) is 36.4 Å². The van der Waals surface area contributed by atoms with E-state index in [4.69, 9.17) is 4.74 Å². The average molecular weight is 450 g/mol. The van der Waals surface area contributed by atoms with Gasteiger partial charge in [-0.2, -0.15) is 4.39 Å². The van der Waals surface area contributed by atoms with Gasteiger partial charge in [-0.05, 0) is 68.1 Å². The molecule has 0 aromatic heterocycles. The number of hydrogen-bond donors (Lipinski definition) is 0. The lowest BCUT2D eigenvalue weighted by Gasteiger charge is -2.29. The molecule has 0 heterocycles. The molecule has 0 radical (unpaired) electrons. The topological polar surface area (TPSA) is 9.23 Å². The van der Waals surface area contributed by atoms with Crippen molar-refractivity contribution in [2.24, 2.45) is 5.92 Å². The van der Waals surface area contributed by atoms with Gasteiger partial charge in [0.05, 0.1) is 0 Å². The molecule has 0 unspecified atom stereocenters. The van der Waals surface area contributed by atoms with Gasteiger partial charge in [0.1, 0.15) is 13.3 Å². The number of benzene rings is 2. The molecule has 1 aliphatic rings. The standard InChI is InChI=1S/C26H27F5O/c1-2-16-32-22-14-13-21(25(30)26(22)31)20-12-11-19(23(28)24(20)29)18-9-7-17(8-10-18)6-4-3-5-15-27/h2-3,5,11-14,17-18H,1,4,6-10,15-16H2. The largest absolute Gasteiger partial charge is 0.486 e. The van der Waals surface area contributed by atoms with E-state index in [1.54, 1.807) is 0 Å². The maximum Gasteiger partial charge on any atom is 0.201 e. The van der Waals surface area contributed by atoms with Crippen LogP contribution in [0.2, 0.25) is 0 Å². The predicted molar refractivity (Wildman–Crippen MR) is 116 cm³/mol. The molecule has 0 amide bonds. The number of halogens is 5. The van der Waals surface area contributed by atoms with Crippen LogP contribution in [0.1, 0.15) is 50.0 Å². The second-order valence-corrected chi connectivity index (χ2v) is 8.09. The Morgan fingerprint density at radius 1 is 0.844 bits per heavy atom. The number of hydrogen-bond acceptors (Lipinski definition) is 1. The molecule has 1 nitrogen and oxygen atoms in total. The molecular weight excluding hydrogens is 423 g/mol. The molecule has 1 aliphatic carbocycles. The third-order valence-electron chi connectivity index (χ3n) is 6.09. The van der Waals surface area contributed by atoms with Crippen LogP contribution < -0.4 is 4.74 Å². The first-order chi connectivity index (χ1) is 15.5. The van der Waals surface area contributed by atoms with E-state index in [-0.39, 0.29) is 35.0 Å². The van der Waals surface area contributed by atoms with Crippen molar-refractivity contribution in [3.63, 3.8) is 0 Å². The second-order valence-electron chi connectivity index (χ2n) is 8.09. The molecule has 0 bridgehead atoms. The Hall–Kier alpha value is -2.63. The Labute approximate surface area is 185 Å². The van der Waals surface area contributed by atoms with Crippen molar-refractivity contribution in [3.8, 4) is 16.9 Å². The fourth-order valence-corrected chi connectivity index (χ4v) is 4.36. The number of ether oxygens (including phenoxy) is 1. The van der Waals surface area contributed by atoms with Gasteiger partial charge in [-0.25, -0.2) is 17.6 Å². The van der Waals surface area contributed by atoms with Crippen molar-refractivity contribution in [2.75, 3.05) is 13.3 Å². The van der Waals surface area contributed by atoms with Crippen molar-refractivity contribution in [1.29, 1.82) is 0 Å². The highest BCUT2D eigenvalue weighted by Crippen LogP contribution is 2.41. The van der Waals surface area contributed by atoms with Gasteiger partial charge in [0.15, 0.2) is 23.2 Å². The molecule has 2 aromatic carbocycles. The van der Waals surface area contributed by atoms with Crippen LogP contribution in [0.5, 0.6) is 5.75 Å². The first-order valence-corrected chi connectivity index (χ1v) is 10.9. The molecule has 0 N–H and O–H groups in total. The van der Waals surface area contributed by atoms with E-state index in [0.717, 1.165) is 38.5 Å². The minimum atomic E-state index is -1.29. The van der Waals surface area contributed by atoms with Crippen LogP contribution in [0.3, 0.4) is 0 Å². The first-order valence-electron chi connectivity index (χ1n) is 10.9. The van der Waals surface area contributed by atoms with Gasteiger partial charge in [-0.3, -0.25) is 0 Å². The summed E-state index contributed by atoms with van der Waals surface area (Å²) in [5, 5.41) is 0. The van der Waals surface area contributed by atoms with E-state index >= 15 is 0 Å². The third-order valence-corrected chi connectivity index (χ3v) is 6.09. The van der Waals surface area contributed by atoms with Crippen LogP contribution in [-0.4, -0.2) is 13.3 Å². The Morgan fingerprint density at radius 3 is 2.16 bits per heavy atom. The molecule has 3 rings (SSSR count). The molecule has 172 valence electrons. The molecule has 0 atom stereocenters. The van der Waals surface area contributed by atoms with E-state index in [1.807, 2.05) is 6.08 Å². The van der Waals surface area contributed by atoms with Crippen molar-refractivity contribution in [2.45, 2.75) is 44.4 Å². The summed E-state index contributed by atoms with van der Waals surface area (Å²) in [4.78, 5) is 0. The van der Waals surface area contributed by atoms with Gasteiger partial charge < -0.3 is 4.74 Å². The Bertz CT molecular complexity index is 961. The second kappa shape index (κ2) is 11.3. The third kappa shape index (κ3) is 5.40. The minimum absolute atomic E-state index is 0.00996. The van der Waals surface area contributed by atoms with Crippen LogP contribution in [0.15, 0.2) is 49.1 Å². The summed E-state index contributed by atoms with van der Waals surface area (Å²) in [6, 6.07) is 5.15. The van der Waals surface area contributed by atoms with E-state index in [0.29, 0.717) is 5.92 Å². The van der Waals surface area contributed by atoms with Crippen molar-refractivity contribution >= 4 is 0 Å². The molecule has 1 saturated carbocycles. The lowest BCUT2D eigenvalue weighted by atomic mass is 9.77. The minimum Gasteiger partial charge on any atom is -0.486 e. The molecule has 6 heteroatoms. The summed E-state index contributed by atoms with van der Waals surface area (Å²) < 4.78 is 75.8. The molecular formula is C26H27F5O. The van der Waals surface area contributed by atoms with Crippen molar-refractivity contribution < 1.29 is 26.7 Å². The Balaban J connectivity index is 1.75. The summed E-state index contributed by atoms with van der Waals surface area (Å²) in [5.74, 6) is -4.69. The summed E-state index contributed by atoms with van der Waals surface area (Å²) in [6.45, 7) is 2.97. The molecule has 0 aliphatic heterocycles. The zero-order chi connectivity index (χ0) is 23.1. The van der Waals surface area contributed by atoms with Gasteiger partial charge >= 0.3 is 0 Å². The van der Waals surface area contributed by atoms with E-state index in [9.17, 15) is 22.0 Å². The van der Waals surface area contributed by atoms with Gasteiger partial charge in [0.25, 0.3) is 0 Å². The maximum atomic E-state index is 14.9. The SMILES string of the molecule is C=CCOc1ccc(-c2ccc(C3CCC(CCC=CCF)CC3)c(F)c2F)c(F)c1F. The van der Waals surface area contributed by atoms with Gasteiger partial charge in [-0.15, -0.1) is 0 Å². The average Bonchev–Trinajstić information content (AvgIpc) is 2.80. The van der Waals surface area contributed by atoms with Crippen LogP contribution in [-0.2, 0) is 0 Å². The van der Waals surface area contributed by atoms with Gasteiger partial charge in [-0.1, -0.05) is 36.9 Å². The molecule has 1 fully saturated rings. The Kier molecular flexibility index (Phi) is 8.48. The van der Waals surface area contributed by atoms with Crippen LogP contribution in [0.25, 0.3) is 11.1 Å². The molecule has 32 heavy (non-hydrogen) atoms. The Morgan fingerprint density at radius 2 is 1.50 bits per heavy atom. The van der Waals surface area contributed by atoms with Crippen LogP contribution in [0.4, 0.5) is 22.0 Å².